The Hall–Kier alpha value is -1.55. The molecule has 21 heavy (non-hydrogen) atoms. The van der Waals surface area contributed by atoms with Gasteiger partial charge in [0.2, 0.25) is 0 Å². The van der Waals surface area contributed by atoms with Crippen molar-refractivity contribution >= 4 is 6.09 Å². The molecule has 1 heterocycles. The first-order valence-corrected chi connectivity index (χ1v) is 7.75. The highest BCUT2D eigenvalue weighted by Crippen LogP contribution is 2.44. The number of hydrogen-bond acceptors (Lipinski definition) is 3. The van der Waals surface area contributed by atoms with E-state index in [2.05, 4.69) is 0 Å². The fourth-order valence-electron chi connectivity index (χ4n) is 3.51. The molecule has 0 radical (unpaired) electrons. The standard InChI is InChI=1S/C17H23NO3/c1-16(2)13-20-17(11-7-4-8-12-17)18(16)15(19)21-14-9-5-3-6-10-14/h3,5-6,9-10H,4,7-8,11-13H2,1-2H3. The second-order valence-electron chi connectivity index (χ2n) is 6.62. The van der Waals surface area contributed by atoms with Crippen molar-refractivity contribution < 1.29 is 14.3 Å². The Morgan fingerprint density at radius 3 is 2.48 bits per heavy atom. The molecule has 3 rings (SSSR count). The smallest absolute Gasteiger partial charge is 0.410 e. The van der Waals surface area contributed by atoms with Gasteiger partial charge in [0, 0.05) is 0 Å². The SMILES string of the molecule is CC1(C)COC2(CCCCC2)N1C(=O)Oc1ccccc1. The highest BCUT2D eigenvalue weighted by molar-refractivity contribution is 5.73. The summed E-state index contributed by atoms with van der Waals surface area (Å²) < 4.78 is 11.7. The molecule has 1 aliphatic carbocycles. The second kappa shape index (κ2) is 5.34. The number of benzene rings is 1. The van der Waals surface area contributed by atoms with Crippen molar-refractivity contribution in [1.82, 2.24) is 4.90 Å². The van der Waals surface area contributed by atoms with Gasteiger partial charge < -0.3 is 9.47 Å². The molecule has 2 aliphatic rings. The number of carbonyl (C=O) groups is 1. The van der Waals surface area contributed by atoms with Crippen LogP contribution in [0.5, 0.6) is 5.75 Å². The maximum atomic E-state index is 12.7. The van der Waals surface area contributed by atoms with Gasteiger partial charge in [-0.05, 0) is 51.7 Å². The molecule has 0 unspecified atom stereocenters. The zero-order chi connectivity index (χ0) is 14.9. The van der Waals surface area contributed by atoms with Crippen molar-refractivity contribution in [3.8, 4) is 5.75 Å². The lowest BCUT2D eigenvalue weighted by Crippen LogP contribution is -2.57. The van der Waals surface area contributed by atoms with E-state index in [1.807, 2.05) is 36.9 Å². The average molecular weight is 289 g/mol. The number of para-hydroxylation sites is 1. The lowest BCUT2D eigenvalue weighted by Gasteiger charge is -2.43. The van der Waals surface area contributed by atoms with E-state index in [1.165, 1.54) is 6.42 Å². The quantitative estimate of drug-likeness (QED) is 0.785. The molecule has 4 nitrogen and oxygen atoms in total. The van der Waals surface area contributed by atoms with Gasteiger partial charge in [0.1, 0.15) is 11.5 Å². The van der Waals surface area contributed by atoms with E-state index >= 15 is 0 Å². The van der Waals surface area contributed by atoms with Gasteiger partial charge in [-0.2, -0.15) is 0 Å². The minimum Gasteiger partial charge on any atom is -0.410 e. The summed E-state index contributed by atoms with van der Waals surface area (Å²) in [6.45, 7) is 4.65. The summed E-state index contributed by atoms with van der Waals surface area (Å²) in [5, 5.41) is 0. The zero-order valence-electron chi connectivity index (χ0n) is 12.8. The van der Waals surface area contributed by atoms with E-state index in [9.17, 15) is 4.79 Å². The number of hydrogen-bond donors (Lipinski definition) is 0. The largest absolute Gasteiger partial charge is 0.418 e. The van der Waals surface area contributed by atoms with Crippen LogP contribution < -0.4 is 4.74 Å². The van der Waals surface area contributed by atoms with Crippen molar-refractivity contribution in [3.63, 3.8) is 0 Å². The lowest BCUT2D eigenvalue weighted by atomic mass is 9.89. The Kier molecular flexibility index (Phi) is 3.66. The first-order chi connectivity index (χ1) is 10.0. The molecule has 114 valence electrons. The second-order valence-corrected chi connectivity index (χ2v) is 6.62. The molecule has 1 aromatic carbocycles. The summed E-state index contributed by atoms with van der Waals surface area (Å²) >= 11 is 0. The van der Waals surface area contributed by atoms with Gasteiger partial charge in [0.25, 0.3) is 0 Å². The molecule has 0 aromatic heterocycles. The summed E-state index contributed by atoms with van der Waals surface area (Å²) in [6.07, 6.45) is 4.93. The van der Waals surface area contributed by atoms with Gasteiger partial charge in [-0.25, -0.2) is 4.79 Å². The molecule has 1 saturated heterocycles. The van der Waals surface area contributed by atoms with Crippen LogP contribution in [0, 0.1) is 0 Å². The van der Waals surface area contributed by atoms with E-state index in [-0.39, 0.29) is 11.6 Å². The van der Waals surface area contributed by atoms with Gasteiger partial charge in [0.15, 0.2) is 0 Å². The predicted octanol–water partition coefficient (Wildman–Crippen LogP) is 3.96. The minimum atomic E-state index is -0.465. The van der Waals surface area contributed by atoms with Crippen LogP contribution in [0.2, 0.25) is 0 Å². The lowest BCUT2D eigenvalue weighted by molar-refractivity contribution is -0.0985. The molecule has 0 bridgehead atoms. The highest BCUT2D eigenvalue weighted by atomic mass is 16.6. The summed E-state index contributed by atoms with van der Waals surface area (Å²) in [5.74, 6) is 0.580. The molecular weight excluding hydrogens is 266 g/mol. The number of ether oxygens (including phenoxy) is 2. The maximum Gasteiger partial charge on any atom is 0.418 e. The van der Waals surface area contributed by atoms with Crippen LogP contribution in [0.3, 0.4) is 0 Å². The van der Waals surface area contributed by atoms with E-state index in [1.54, 1.807) is 12.1 Å². The fraction of sp³-hybridized carbons (Fsp3) is 0.588. The molecular formula is C17H23NO3. The van der Waals surface area contributed by atoms with E-state index < -0.39 is 5.72 Å². The molecule has 1 saturated carbocycles. The topological polar surface area (TPSA) is 38.8 Å². The van der Waals surface area contributed by atoms with Crippen LogP contribution in [-0.2, 0) is 4.74 Å². The molecule has 1 aliphatic heterocycles. The van der Waals surface area contributed by atoms with Gasteiger partial charge in [-0.3, -0.25) is 4.90 Å². The van der Waals surface area contributed by atoms with Gasteiger partial charge in [0.05, 0.1) is 12.1 Å². The van der Waals surface area contributed by atoms with Crippen molar-refractivity contribution in [1.29, 1.82) is 0 Å². The number of rotatable bonds is 1. The monoisotopic (exact) mass is 289 g/mol. The van der Waals surface area contributed by atoms with Crippen molar-refractivity contribution in [2.75, 3.05) is 6.61 Å². The average Bonchev–Trinajstić information content (AvgIpc) is 2.72. The third-order valence-electron chi connectivity index (χ3n) is 4.47. The number of amides is 1. The third-order valence-corrected chi connectivity index (χ3v) is 4.47. The van der Waals surface area contributed by atoms with Crippen molar-refractivity contribution in [2.45, 2.75) is 57.2 Å². The Bertz CT molecular complexity index is 506. The van der Waals surface area contributed by atoms with Crippen LogP contribution in [0.1, 0.15) is 46.0 Å². The Labute approximate surface area is 126 Å². The molecule has 4 heteroatoms. The molecule has 0 atom stereocenters. The summed E-state index contributed by atoms with van der Waals surface area (Å²) in [7, 11) is 0. The summed E-state index contributed by atoms with van der Waals surface area (Å²) in [6, 6.07) is 9.24. The summed E-state index contributed by atoms with van der Waals surface area (Å²) in [5.41, 5.74) is -0.795. The predicted molar refractivity (Wildman–Crippen MR) is 80.2 cm³/mol. The Balaban J connectivity index is 1.83. The Morgan fingerprint density at radius 2 is 1.81 bits per heavy atom. The third kappa shape index (κ3) is 2.64. The van der Waals surface area contributed by atoms with E-state index in [0.717, 1.165) is 25.7 Å². The number of nitrogens with zero attached hydrogens (tertiary/aromatic N) is 1. The minimum absolute atomic E-state index is 0.300. The first kappa shape index (κ1) is 14.4. The van der Waals surface area contributed by atoms with E-state index in [4.69, 9.17) is 9.47 Å². The molecule has 1 amide bonds. The van der Waals surface area contributed by atoms with E-state index in [0.29, 0.717) is 12.4 Å². The van der Waals surface area contributed by atoms with Crippen LogP contribution >= 0.6 is 0 Å². The maximum absolute atomic E-state index is 12.7. The van der Waals surface area contributed by atoms with Crippen molar-refractivity contribution in [2.24, 2.45) is 0 Å². The van der Waals surface area contributed by atoms with Crippen molar-refractivity contribution in [3.05, 3.63) is 30.3 Å². The molecule has 2 fully saturated rings. The van der Waals surface area contributed by atoms with Gasteiger partial charge >= 0.3 is 6.09 Å². The number of carbonyl (C=O) groups excluding carboxylic acids is 1. The molecule has 0 N–H and O–H groups in total. The van der Waals surface area contributed by atoms with Crippen LogP contribution in [-0.4, -0.2) is 28.9 Å². The zero-order valence-corrected chi connectivity index (χ0v) is 12.8. The van der Waals surface area contributed by atoms with Crippen LogP contribution in [0.4, 0.5) is 4.79 Å². The molecule has 1 spiro atoms. The van der Waals surface area contributed by atoms with Crippen LogP contribution in [0.25, 0.3) is 0 Å². The van der Waals surface area contributed by atoms with Gasteiger partial charge in [-0.1, -0.05) is 24.6 Å². The Morgan fingerprint density at radius 1 is 1.14 bits per heavy atom. The highest BCUT2D eigenvalue weighted by Gasteiger charge is 2.55. The first-order valence-electron chi connectivity index (χ1n) is 7.75. The normalized spacial score (nSPS) is 23.2. The summed E-state index contributed by atoms with van der Waals surface area (Å²) in [4.78, 5) is 14.6. The fourth-order valence-corrected chi connectivity index (χ4v) is 3.51. The van der Waals surface area contributed by atoms with Crippen LogP contribution in [0.15, 0.2) is 30.3 Å². The van der Waals surface area contributed by atoms with Gasteiger partial charge in [-0.15, -0.1) is 0 Å². The molecule has 1 aromatic rings.